The van der Waals surface area contributed by atoms with Crippen LogP contribution in [0.5, 0.6) is 0 Å². The molecule has 1 nitrogen and oxygen atoms in total. The van der Waals surface area contributed by atoms with Crippen LogP contribution in [-0.4, -0.2) is 6.04 Å². The van der Waals surface area contributed by atoms with Crippen LogP contribution in [0.4, 0.5) is 14.5 Å². The number of hydrogen-bond acceptors (Lipinski definition) is 1. The number of nitrogens with one attached hydrogen (secondary N) is 1. The van der Waals surface area contributed by atoms with Crippen molar-refractivity contribution in [1.29, 1.82) is 0 Å². The Balaban J connectivity index is 2.03. The van der Waals surface area contributed by atoms with Crippen molar-refractivity contribution in [3.8, 4) is 0 Å². The molecule has 1 aromatic carbocycles. The monoisotopic (exact) mass is 359 g/mol. The Morgan fingerprint density at radius 3 is 2.43 bits per heavy atom. The quantitative estimate of drug-likeness (QED) is 0.494. The summed E-state index contributed by atoms with van der Waals surface area (Å²) in [5.74, 6) is -0.129. The van der Waals surface area contributed by atoms with Crippen molar-refractivity contribution in [2.45, 2.75) is 58.9 Å². The summed E-state index contributed by atoms with van der Waals surface area (Å²) in [6.07, 6.45) is 5.53. The van der Waals surface area contributed by atoms with Gasteiger partial charge in [0.1, 0.15) is 11.6 Å². The standard InChI is InChI=1S/C17H24BrF2N/c1-17(2,3)11-5-4-6-12(8-7-11)21-16-10-14(19)13(18)9-15(16)20/h9-12,21H,4-8H2,1-3H3. The SMILES string of the molecule is CC(C)(C)C1CCCC(Nc2cc(F)c(Br)cc2F)CC1. The molecule has 0 radical (unpaired) electrons. The lowest BCUT2D eigenvalue weighted by Crippen LogP contribution is -2.22. The second-order valence-electron chi connectivity index (χ2n) is 7.16. The van der Waals surface area contributed by atoms with Crippen LogP contribution < -0.4 is 5.32 Å². The molecule has 0 aromatic heterocycles. The first kappa shape index (κ1) is 16.7. The average molecular weight is 360 g/mol. The van der Waals surface area contributed by atoms with Crippen molar-refractivity contribution < 1.29 is 8.78 Å². The number of hydrogen-bond donors (Lipinski definition) is 1. The molecule has 2 unspecified atom stereocenters. The first-order valence-electron chi connectivity index (χ1n) is 7.68. The van der Waals surface area contributed by atoms with Crippen LogP contribution in [0, 0.1) is 23.0 Å². The minimum absolute atomic E-state index is 0.166. The van der Waals surface area contributed by atoms with Crippen LogP contribution >= 0.6 is 15.9 Å². The fraction of sp³-hybridized carbons (Fsp3) is 0.647. The first-order valence-corrected chi connectivity index (χ1v) is 8.47. The summed E-state index contributed by atoms with van der Waals surface area (Å²) in [6, 6.07) is 2.66. The maximum absolute atomic E-state index is 13.9. The predicted octanol–water partition coefficient (Wildman–Crippen LogP) is 6.13. The van der Waals surface area contributed by atoms with E-state index in [9.17, 15) is 8.78 Å². The van der Waals surface area contributed by atoms with Crippen molar-refractivity contribution in [2.75, 3.05) is 5.32 Å². The summed E-state index contributed by atoms with van der Waals surface area (Å²) in [4.78, 5) is 0. The molecule has 2 rings (SSSR count). The molecule has 0 saturated heterocycles. The zero-order valence-electron chi connectivity index (χ0n) is 13.0. The maximum Gasteiger partial charge on any atom is 0.147 e. The van der Waals surface area contributed by atoms with Crippen LogP contribution in [0.25, 0.3) is 0 Å². The summed E-state index contributed by atoms with van der Waals surface area (Å²) in [5.41, 5.74) is 0.596. The van der Waals surface area contributed by atoms with Gasteiger partial charge in [-0.25, -0.2) is 8.78 Å². The lowest BCUT2D eigenvalue weighted by atomic mass is 9.76. The molecular weight excluding hydrogens is 336 g/mol. The minimum Gasteiger partial charge on any atom is -0.380 e. The number of anilines is 1. The fourth-order valence-corrected chi connectivity index (χ4v) is 3.48. The van der Waals surface area contributed by atoms with E-state index in [2.05, 4.69) is 42.0 Å². The molecule has 4 heteroatoms. The highest BCUT2D eigenvalue weighted by Gasteiger charge is 2.28. The Morgan fingerprint density at radius 1 is 1.05 bits per heavy atom. The molecule has 1 aromatic rings. The minimum atomic E-state index is -0.430. The third-order valence-electron chi connectivity index (χ3n) is 4.56. The summed E-state index contributed by atoms with van der Waals surface area (Å²) >= 11 is 3.00. The molecule has 0 heterocycles. The zero-order valence-corrected chi connectivity index (χ0v) is 14.6. The molecule has 1 N–H and O–H groups in total. The lowest BCUT2D eigenvalue weighted by Gasteiger charge is -2.29. The molecule has 2 atom stereocenters. The van der Waals surface area contributed by atoms with Gasteiger partial charge < -0.3 is 5.32 Å². The van der Waals surface area contributed by atoms with E-state index < -0.39 is 11.6 Å². The van der Waals surface area contributed by atoms with Gasteiger partial charge in [-0.15, -0.1) is 0 Å². The van der Waals surface area contributed by atoms with Gasteiger partial charge in [0.2, 0.25) is 0 Å². The molecule has 1 fully saturated rings. The van der Waals surface area contributed by atoms with Crippen molar-refractivity contribution in [3.63, 3.8) is 0 Å². The van der Waals surface area contributed by atoms with Gasteiger partial charge in [0.05, 0.1) is 10.2 Å². The van der Waals surface area contributed by atoms with Crippen molar-refractivity contribution in [3.05, 3.63) is 28.2 Å². The first-order chi connectivity index (χ1) is 9.77. The van der Waals surface area contributed by atoms with Crippen LogP contribution in [-0.2, 0) is 0 Å². The van der Waals surface area contributed by atoms with E-state index in [0.29, 0.717) is 11.3 Å². The molecule has 0 bridgehead atoms. The van der Waals surface area contributed by atoms with E-state index >= 15 is 0 Å². The van der Waals surface area contributed by atoms with Crippen LogP contribution in [0.3, 0.4) is 0 Å². The summed E-state index contributed by atoms with van der Waals surface area (Å²) in [5, 5.41) is 3.19. The highest BCUT2D eigenvalue weighted by molar-refractivity contribution is 9.10. The molecule has 118 valence electrons. The van der Waals surface area contributed by atoms with Crippen molar-refractivity contribution in [2.24, 2.45) is 11.3 Å². The van der Waals surface area contributed by atoms with Gasteiger partial charge >= 0.3 is 0 Å². The van der Waals surface area contributed by atoms with Gasteiger partial charge in [-0.05, 0) is 59.0 Å². The predicted molar refractivity (Wildman–Crippen MR) is 87.5 cm³/mol. The van der Waals surface area contributed by atoms with Gasteiger partial charge in [-0.1, -0.05) is 27.2 Å². The van der Waals surface area contributed by atoms with Crippen LogP contribution in [0.15, 0.2) is 16.6 Å². The molecule has 0 aliphatic heterocycles. The van der Waals surface area contributed by atoms with Crippen molar-refractivity contribution >= 4 is 21.6 Å². The largest absolute Gasteiger partial charge is 0.380 e. The maximum atomic E-state index is 13.9. The Bertz CT molecular complexity index is 496. The van der Waals surface area contributed by atoms with Crippen molar-refractivity contribution in [1.82, 2.24) is 0 Å². The third kappa shape index (κ3) is 4.41. The Labute approximate surface area is 134 Å². The van der Waals surface area contributed by atoms with E-state index in [4.69, 9.17) is 0 Å². The van der Waals surface area contributed by atoms with E-state index in [-0.39, 0.29) is 16.2 Å². The second-order valence-corrected chi connectivity index (χ2v) is 8.01. The third-order valence-corrected chi connectivity index (χ3v) is 5.17. The smallest absolute Gasteiger partial charge is 0.147 e. The van der Waals surface area contributed by atoms with E-state index in [0.717, 1.165) is 25.7 Å². The molecule has 1 saturated carbocycles. The molecular formula is C17H24BrF2N. The molecule has 0 spiro atoms. The fourth-order valence-electron chi connectivity index (χ4n) is 3.17. The Morgan fingerprint density at radius 2 is 1.76 bits per heavy atom. The summed E-state index contributed by atoms with van der Waals surface area (Å²) in [7, 11) is 0. The van der Waals surface area contributed by atoms with E-state index in [1.54, 1.807) is 0 Å². The normalized spacial score (nSPS) is 23.7. The molecule has 1 aliphatic carbocycles. The molecule has 0 amide bonds. The summed E-state index contributed by atoms with van der Waals surface area (Å²) in [6.45, 7) is 6.86. The van der Waals surface area contributed by atoms with Gasteiger partial charge in [0.15, 0.2) is 0 Å². The van der Waals surface area contributed by atoms with E-state index in [1.165, 1.54) is 18.6 Å². The zero-order chi connectivity index (χ0) is 15.6. The molecule has 1 aliphatic rings. The van der Waals surface area contributed by atoms with Gasteiger partial charge in [-0.2, -0.15) is 0 Å². The van der Waals surface area contributed by atoms with Gasteiger partial charge in [0, 0.05) is 12.1 Å². The number of benzene rings is 1. The average Bonchev–Trinajstić information content (AvgIpc) is 2.61. The van der Waals surface area contributed by atoms with Gasteiger partial charge in [-0.3, -0.25) is 0 Å². The second kappa shape index (κ2) is 6.64. The van der Waals surface area contributed by atoms with Crippen LogP contribution in [0.2, 0.25) is 0 Å². The Hall–Kier alpha value is -0.640. The topological polar surface area (TPSA) is 12.0 Å². The number of rotatable bonds is 2. The summed E-state index contributed by atoms with van der Waals surface area (Å²) < 4.78 is 27.6. The molecule has 21 heavy (non-hydrogen) atoms. The van der Waals surface area contributed by atoms with Crippen LogP contribution in [0.1, 0.15) is 52.9 Å². The van der Waals surface area contributed by atoms with Gasteiger partial charge in [0.25, 0.3) is 0 Å². The van der Waals surface area contributed by atoms with E-state index in [1.807, 2.05) is 0 Å². The highest BCUT2D eigenvalue weighted by Crippen LogP contribution is 2.37. The lowest BCUT2D eigenvalue weighted by molar-refractivity contribution is 0.214. The highest BCUT2D eigenvalue weighted by atomic mass is 79.9. The number of halogens is 3. The Kier molecular flexibility index (Phi) is 5.29.